The average molecular weight is 274 g/mol. The zero-order chi connectivity index (χ0) is 14.7. The zero-order valence-electron chi connectivity index (χ0n) is 12.8. The van der Waals surface area contributed by atoms with E-state index in [2.05, 4.69) is 39.0 Å². The molecule has 0 bridgehead atoms. The molecule has 2 aromatic heterocycles. The van der Waals surface area contributed by atoms with Crippen LogP contribution in [-0.2, 0) is 13.6 Å². The molecule has 0 amide bonds. The summed E-state index contributed by atoms with van der Waals surface area (Å²) in [7, 11) is 5.91. The molecule has 2 aromatic rings. The van der Waals surface area contributed by atoms with Crippen LogP contribution in [0.1, 0.15) is 31.2 Å². The second kappa shape index (κ2) is 5.90. The van der Waals surface area contributed by atoms with E-state index in [-0.39, 0.29) is 0 Å². The van der Waals surface area contributed by atoms with Crippen LogP contribution in [0.15, 0.2) is 18.7 Å². The number of anilines is 2. The van der Waals surface area contributed by atoms with Crippen molar-refractivity contribution >= 4 is 11.6 Å². The Hall–Kier alpha value is -2.11. The average Bonchev–Trinajstić information content (AvgIpc) is 2.83. The summed E-state index contributed by atoms with van der Waals surface area (Å²) >= 11 is 0. The molecule has 0 saturated heterocycles. The van der Waals surface area contributed by atoms with Gasteiger partial charge in [0.2, 0.25) is 0 Å². The van der Waals surface area contributed by atoms with Crippen LogP contribution in [0.25, 0.3) is 0 Å². The van der Waals surface area contributed by atoms with E-state index in [9.17, 15) is 0 Å². The van der Waals surface area contributed by atoms with Crippen molar-refractivity contribution in [3.63, 3.8) is 0 Å². The summed E-state index contributed by atoms with van der Waals surface area (Å²) in [4.78, 5) is 15.2. The van der Waals surface area contributed by atoms with Gasteiger partial charge in [0.05, 0.1) is 6.54 Å². The number of hydrogen-bond acceptors (Lipinski definition) is 5. The van der Waals surface area contributed by atoms with Gasteiger partial charge in [-0.3, -0.25) is 0 Å². The van der Waals surface area contributed by atoms with Gasteiger partial charge in [-0.05, 0) is 5.92 Å². The molecule has 0 aliphatic heterocycles. The molecule has 20 heavy (non-hydrogen) atoms. The standard InChI is InChI=1S/C14H22N6/c1-10(2)12-13(15-3)17-9-18-14(12)20(5)8-11-16-6-7-19(11)4/h6-7,9-10H,8H2,1-5H3,(H,15,17,18). The number of rotatable bonds is 5. The first-order valence-electron chi connectivity index (χ1n) is 6.74. The molecule has 6 nitrogen and oxygen atoms in total. The third-order valence-electron chi connectivity index (χ3n) is 3.34. The van der Waals surface area contributed by atoms with Crippen molar-refractivity contribution in [2.75, 3.05) is 24.3 Å². The minimum atomic E-state index is 0.345. The Morgan fingerprint density at radius 3 is 2.60 bits per heavy atom. The molecule has 6 heteroatoms. The predicted molar refractivity (Wildman–Crippen MR) is 81.0 cm³/mol. The first-order chi connectivity index (χ1) is 9.54. The molecular formula is C14H22N6. The van der Waals surface area contributed by atoms with E-state index in [1.807, 2.05) is 38.1 Å². The number of nitrogens with one attached hydrogen (secondary N) is 1. The molecule has 1 N–H and O–H groups in total. The Kier molecular flexibility index (Phi) is 4.22. The molecule has 0 saturated carbocycles. The quantitative estimate of drug-likeness (QED) is 0.904. The molecule has 0 unspecified atom stereocenters. The second-order valence-corrected chi connectivity index (χ2v) is 5.17. The van der Waals surface area contributed by atoms with Crippen molar-refractivity contribution in [1.82, 2.24) is 19.5 Å². The van der Waals surface area contributed by atoms with Crippen molar-refractivity contribution in [3.8, 4) is 0 Å². The maximum Gasteiger partial charge on any atom is 0.137 e. The Balaban J connectivity index is 2.34. The van der Waals surface area contributed by atoms with Crippen LogP contribution in [-0.4, -0.2) is 33.6 Å². The number of nitrogens with zero attached hydrogens (tertiary/aromatic N) is 5. The number of hydrogen-bond donors (Lipinski definition) is 1. The highest BCUT2D eigenvalue weighted by Gasteiger charge is 2.18. The SMILES string of the molecule is CNc1ncnc(N(C)Cc2nccn2C)c1C(C)C. The molecule has 0 atom stereocenters. The van der Waals surface area contributed by atoms with E-state index in [1.54, 1.807) is 6.33 Å². The largest absolute Gasteiger partial charge is 0.373 e. The predicted octanol–water partition coefficient (Wildman–Crippen LogP) is 2.01. The Morgan fingerprint density at radius 2 is 2.05 bits per heavy atom. The summed E-state index contributed by atoms with van der Waals surface area (Å²) in [6.07, 6.45) is 5.36. The smallest absolute Gasteiger partial charge is 0.137 e. The Morgan fingerprint density at radius 1 is 1.30 bits per heavy atom. The third-order valence-corrected chi connectivity index (χ3v) is 3.34. The topological polar surface area (TPSA) is 58.9 Å². The van der Waals surface area contributed by atoms with E-state index in [4.69, 9.17) is 0 Å². The molecule has 0 radical (unpaired) electrons. The van der Waals surface area contributed by atoms with Crippen LogP contribution in [0, 0.1) is 0 Å². The van der Waals surface area contributed by atoms with Gasteiger partial charge in [-0.1, -0.05) is 13.8 Å². The lowest BCUT2D eigenvalue weighted by Crippen LogP contribution is -2.22. The maximum absolute atomic E-state index is 4.46. The fourth-order valence-corrected chi connectivity index (χ4v) is 2.26. The van der Waals surface area contributed by atoms with Crippen LogP contribution in [0.5, 0.6) is 0 Å². The first-order valence-corrected chi connectivity index (χ1v) is 6.74. The van der Waals surface area contributed by atoms with Crippen molar-refractivity contribution in [2.45, 2.75) is 26.3 Å². The van der Waals surface area contributed by atoms with Crippen molar-refractivity contribution in [1.29, 1.82) is 0 Å². The molecule has 0 aromatic carbocycles. The minimum absolute atomic E-state index is 0.345. The summed E-state index contributed by atoms with van der Waals surface area (Å²) < 4.78 is 2.02. The molecule has 0 aliphatic rings. The van der Waals surface area contributed by atoms with Crippen LogP contribution in [0.4, 0.5) is 11.6 Å². The molecule has 0 aliphatic carbocycles. The monoisotopic (exact) mass is 274 g/mol. The highest BCUT2D eigenvalue weighted by atomic mass is 15.2. The van der Waals surface area contributed by atoms with Gasteiger partial charge in [0.15, 0.2) is 0 Å². The van der Waals surface area contributed by atoms with E-state index < -0.39 is 0 Å². The van der Waals surface area contributed by atoms with Gasteiger partial charge in [-0.15, -0.1) is 0 Å². The molecule has 2 heterocycles. The molecule has 108 valence electrons. The molecule has 0 spiro atoms. The van der Waals surface area contributed by atoms with E-state index in [0.717, 1.165) is 23.0 Å². The van der Waals surface area contributed by atoms with E-state index >= 15 is 0 Å². The Bertz CT molecular complexity index is 575. The normalized spacial score (nSPS) is 10.9. The van der Waals surface area contributed by atoms with Crippen LogP contribution in [0.3, 0.4) is 0 Å². The first kappa shape index (κ1) is 14.3. The van der Waals surface area contributed by atoms with Crippen LogP contribution >= 0.6 is 0 Å². The summed E-state index contributed by atoms with van der Waals surface area (Å²) in [5.74, 6) is 3.18. The maximum atomic E-state index is 4.46. The highest BCUT2D eigenvalue weighted by molar-refractivity contribution is 5.59. The van der Waals surface area contributed by atoms with Gasteiger partial charge in [0, 0.05) is 39.1 Å². The van der Waals surface area contributed by atoms with Crippen molar-refractivity contribution in [3.05, 3.63) is 30.1 Å². The van der Waals surface area contributed by atoms with E-state index in [0.29, 0.717) is 12.5 Å². The van der Waals surface area contributed by atoms with Gasteiger partial charge in [0.25, 0.3) is 0 Å². The summed E-state index contributed by atoms with van der Waals surface area (Å²) in [5.41, 5.74) is 1.13. The van der Waals surface area contributed by atoms with Gasteiger partial charge in [-0.2, -0.15) is 0 Å². The van der Waals surface area contributed by atoms with Gasteiger partial charge >= 0.3 is 0 Å². The van der Waals surface area contributed by atoms with Gasteiger partial charge in [-0.25, -0.2) is 15.0 Å². The fourth-order valence-electron chi connectivity index (χ4n) is 2.26. The molecule has 0 fully saturated rings. The molecule has 2 rings (SSSR count). The zero-order valence-corrected chi connectivity index (χ0v) is 12.8. The summed E-state index contributed by atoms with van der Waals surface area (Å²) in [5, 5.41) is 3.14. The number of imidazole rings is 1. The number of aromatic nitrogens is 4. The van der Waals surface area contributed by atoms with Crippen molar-refractivity contribution < 1.29 is 0 Å². The summed E-state index contributed by atoms with van der Waals surface area (Å²) in [6.45, 7) is 5.01. The summed E-state index contributed by atoms with van der Waals surface area (Å²) in [6, 6.07) is 0. The lowest BCUT2D eigenvalue weighted by molar-refractivity contribution is 0.742. The Labute approximate surface area is 119 Å². The third kappa shape index (κ3) is 2.74. The number of aryl methyl sites for hydroxylation is 1. The highest BCUT2D eigenvalue weighted by Crippen LogP contribution is 2.30. The van der Waals surface area contributed by atoms with Crippen LogP contribution in [0.2, 0.25) is 0 Å². The van der Waals surface area contributed by atoms with Crippen molar-refractivity contribution in [2.24, 2.45) is 7.05 Å². The lowest BCUT2D eigenvalue weighted by atomic mass is 10.0. The van der Waals surface area contributed by atoms with Gasteiger partial charge in [0.1, 0.15) is 23.8 Å². The molecular weight excluding hydrogens is 252 g/mol. The van der Waals surface area contributed by atoms with E-state index in [1.165, 1.54) is 0 Å². The lowest BCUT2D eigenvalue weighted by Gasteiger charge is -2.23. The minimum Gasteiger partial charge on any atom is -0.373 e. The van der Waals surface area contributed by atoms with Gasteiger partial charge < -0.3 is 14.8 Å². The second-order valence-electron chi connectivity index (χ2n) is 5.17. The fraction of sp³-hybridized carbons (Fsp3) is 0.500. The van der Waals surface area contributed by atoms with Crippen LogP contribution < -0.4 is 10.2 Å².